The summed E-state index contributed by atoms with van der Waals surface area (Å²) in [5.41, 5.74) is 1.09. The lowest BCUT2D eigenvalue weighted by molar-refractivity contribution is 1.34. The molecule has 1 aromatic carbocycles. The molecular weight excluding hydrogens is 361 g/mol. The number of halogens is 2. The predicted octanol–water partition coefficient (Wildman–Crippen LogP) is 4.42. The molecule has 0 saturated carbocycles. The van der Waals surface area contributed by atoms with Gasteiger partial charge in [-0.1, -0.05) is 38.5 Å². The molecule has 0 radical (unpaired) electrons. The van der Waals surface area contributed by atoms with Gasteiger partial charge in [-0.25, -0.2) is 4.98 Å². The third-order valence-electron chi connectivity index (χ3n) is 1.46. The minimum absolute atomic E-state index is 1.09. The zero-order valence-electron chi connectivity index (χ0n) is 7.34. The molecule has 1 aromatic heterocycles. The molecule has 1 nitrogen and oxygen atoms in total. The van der Waals surface area contributed by atoms with Crippen molar-refractivity contribution in [2.45, 2.75) is 6.92 Å². The van der Waals surface area contributed by atoms with Gasteiger partial charge in [0.2, 0.25) is 0 Å². The Morgan fingerprint density at radius 3 is 2.77 bits per heavy atom. The minimum Gasteiger partial charge on any atom is -0.241 e. The highest BCUT2D eigenvalue weighted by molar-refractivity contribution is 14.1. The maximum absolute atomic E-state index is 4.36. The standard InChI is InChI=1S/C8H6BrNS.CH3I/c1-5-10-7-4-6(9)2-3-8(7)11-5;1-2/h2-4H,1H3;1H3. The first kappa shape index (κ1) is 11.4. The van der Waals surface area contributed by atoms with Gasteiger partial charge in [0.1, 0.15) is 0 Å². The second kappa shape index (κ2) is 5.26. The molecule has 0 saturated heterocycles. The summed E-state index contributed by atoms with van der Waals surface area (Å²) in [6.45, 7) is 2.03. The van der Waals surface area contributed by atoms with E-state index in [1.165, 1.54) is 4.70 Å². The van der Waals surface area contributed by atoms with Gasteiger partial charge in [0, 0.05) is 4.47 Å². The van der Waals surface area contributed by atoms with E-state index in [1.54, 1.807) is 11.3 Å². The van der Waals surface area contributed by atoms with Crippen LogP contribution in [0.15, 0.2) is 22.7 Å². The van der Waals surface area contributed by atoms with E-state index in [2.05, 4.69) is 49.6 Å². The summed E-state index contributed by atoms with van der Waals surface area (Å²) in [6, 6.07) is 6.17. The molecule has 4 heteroatoms. The number of hydrogen-bond acceptors (Lipinski definition) is 2. The summed E-state index contributed by atoms with van der Waals surface area (Å²) in [5, 5.41) is 1.12. The van der Waals surface area contributed by atoms with Gasteiger partial charge in [-0.2, -0.15) is 0 Å². The molecule has 0 unspecified atom stereocenters. The van der Waals surface area contributed by atoms with Crippen molar-refractivity contribution >= 4 is 60.1 Å². The van der Waals surface area contributed by atoms with Crippen LogP contribution in [0.3, 0.4) is 0 Å². The first-order valence-corrected chi connectivity index (χ1v) is 7.43. The molecule has 0 spiro atoms. The Labute approximate surface area is 104 Å². The van der Waals surface area contributed by atoms with Gasteiger partial charge in [0.25, 0.3) is 0 Å². The lowest BCUT2D eigenvalue weighted by Gasteiger charge is -1.87. The largest absolute Gasteiger partial charge is 0.241 e. The topological polar surface area (TPSA) is 12.9 Å². The molecule has 70 valence electrons. The zero-order chi connectivity index (χ0) is 9.84. The van der Waals surface area contributed by atoms with Crippen molar-refractivity contribution in [1.29, 1.82) is 0 Å². The fourth-order valence-electron chi connectivity index (χ4n) is 1.02. The fourth-order valence-corrected chi connectivity index (χ4v) is 2.17. The maximum Gasteiger partial charge on any atom is 0.0907 e. The molecule has 2 aromatic rings. The van der Waals surface area contributed by atoms with Gasteiger partial charge in [0.15, 0.2) is 0 Å². The number of hydrogen-bond donors (Lipinski definition) is 0. The van der Waals surface area contributed by atoms with Crippen LogP contribution in [0.1, 0.15) is 5.01 Å². The highest BCUT2D eigenvalue weighted by Crippen LogP contribution is 2.24. The molecule has 0 aliphatic carbocycles. The molecule has 1 heterocycles. The van der Waals surface area contributed by atoms with Crippen LogP contribution in [0.25, 0.3) is 10.2 Å². The van der Waals surface area contributed by atoms with E-state index in [-0.39, 0.29) is 0 Å². The molecular formula is C9H9BrINS. The molecule has 0 amide bonds. The number of nitrogens with zero attached hydrogens (tertiary/aromatic N) is 1. The van der Waals surface area contributed by atoms with Gasteiger partial charge < -0.3 is 0 Å². The summed E-state index contributed by atoms with van der Waals surface area (Å²) < 4.78 is 2.35. The predicted molar refractivity (Wildman–Crippen MR) is 72.0 cm³/mol. The highest BCUT2D eigenvalue weighted by Gasteiger charge is 1.98. The van der Waals surface area contributed by atoms with Crippen LogP contribution in [-0.2, 0) is 0 Å². The first-order valence-electron chi connectivity index (χ1n) is 3.66. The lowest BCUT2D eigenvalue weighted by Crippen LogP contribution is -1.67. The number of rotatable bonds is 0. The Morgan fingerprint density at radius 2 is 2.08 bits per heavy atom. The molecule has 0 fully saturated rings. The molecule has 0 aliphatic rings. The van der Waals surface area contributed by atoms with E-state index in [0.29, 0.717) is 0 Å². The Bertz CT molecular complexity index is 399. The monoisotopic (exact) mass is 369 g/mol. The second-order valence-corrected chi connectivity index (χ2v) is 4.50. The molecule has 13 heavy (non-hydrogen) atoms. The Kier molecular flexibility index (Phi) is 4.61. The van der Waals surface area contributed by atoms with E-state index in [0.717, 1.165) is 15.0 Å². The molecule has 0 aliphatic heterocycles. The van der Waals surface area contributed by atoms with Crippen molar-refractivity contribution in [1.82, 2.24) is 4.98 Å². The number of alkyl halides is 1. The van der Waals surface area contributed by atoms with Crippen molar-refractivity contribution in [3.05, 3.63) is 27.7 Å². The number of benzene rings is 1. The van der Waals surface area contributed by atoms with Crippen molar-refractivity contribution in [3.8, 4) is 0 Å². The van der Waals surface area contributed by atoms with Gasteiger partial charge in [0.05, 0.1) is 15.2 Å². The van der Waals surface area contributed by atoms with Crippen LogP contribution in [0.5, 0.6) is 0 Å². The number of thiazole rings is 1. The van der Waals surface area contributed by atoms with Crippen molar-refractivity contribution in [2.75, 3.05) is 4.93 Å². The minimum atomic E-state index is 1.09. The van der Waals surface area contributed by atoms with E-state index in [1.807, 2.05) is 24.0 Å². The molecule has 0 bridgehead atoms. The van der Waals surface area contributed by atoms with Crippen LogP contribution in [0.2, 0.25) is 0 Å². The summed E-state index contributed by atoms with van der Waals surface area (Å²) in [6.07, 6.45) is 0. The van der Waals surface area contributed by atoms with Gasteiger partial charge in [-0.3, -0.25) is 0 Å². The summed E-state index contributed by atoms with van der Waals surface area (Å²) in [7, 11) is 0. The van der Waals surface area contributed by atoms with Gasteiger partial charge in [-0.15, -0.1) is 11.3 Å². The van der Waals surface area contributed by atoms with Crippen molar-refractivity contribution < 1.29 is 0 Å². The van der Waals surface area contributed by atoms with Crippen molar-refractivity contribution in [3.63, 3.8) is 0 Å². The average Bonchev–Trinajstić information content (AvgIpc) is 2.48. The normalized spacial score (nSPS) is 9.54. The quantitative estimate of drug-likeness (QED) is 0.494. The van der Waals surface area contributed by atoms with Crippen LogP contribution >= 0.6 is 49.9 Å². The highest BCUT2D eigenvalue weighted by atomic mass is 127. The third kappa shape index (κ3) is 2.89. The third-order valence-corrected chi connectivity index (χ3v) is 2.90. The van der Waals surface area contributed by atoms with Gasteiger partial charge in [-0.05, 0) is 30.1 Å². The number of fused-ring (bicyclic) bond motifs is 1. The smallest absolute Gasteiger partial charge is 0.0907 e. The summed E-state index contributed by atoms with van der Waals surface area (Å²) in [5.74, 6) is 0. The van der Waals surface area contributed by atoms with Gasteiger partial charge >= 0.3 is 0 Å². The zero-order valence-corrected chi connectivity index (χ0v) is 11.9. The van der Waals surface area contributed by atoms with E-state index >= 15 is 0 Å². The second-order valence-electron chi connectivity index (χ2n) is 2.34. The Hall–Kier alpha value is 0.320. The lowest BCUT2D eigenvalue weighted by atomic mass is 10.3. The SMILES string of the molecule is CI.Cc1nc2cc(Br)ccc2s1. The molecule has 0 atom stereocenters. The first-order chi connectivity index (χ1) is 6.25. The molecule has 0 N–H and O–H groups in total. The van der Waals surface area contributed by atoms with E-state index in [4.69, 9.17) is 0 Å². The maximum atomic E-state index is 4.36. The van der Waals surface area contributed by atoms with Crippen LogP contribution < -0.4 is 0 Å². The Balaban J connectivity index is 0.000000396. The van der Waals surface area contributed by atoms with Crippen LogP contribution in [0, 0.1) is 6.92 Å². The van der Waals surface area contributed by atoms with E-state index in [9.17, 15) is 0 Å². The Morgan fingerprint density at radius 1 is 1.38 bits per heavy atom. The van der Waals surface area contributed by atoms with E-state index < -0.39 is 0 Å². The number of aromatic nitrogens is 1. The van der Waals surface area contributed by atoms with Crippen LogP contribution in [0.4, 0.5) is 0 Å². The fraction of sp³-hybridized carbons (Fsp3) is 0.222. The van der Waals surface area contributed by atoms with Crippen molar-refractivity contribution in [2.24, 2.45) is 0 Å². The molecule has 2 rings (SSSR count). The average molecular weight is 370 g/mol. The summed E-state index contributed by atoms with van der Waals surface area (Å²) >= 11 is 7.29. The summed E-state index contributed by atoms with van der Waals surface area (Å²) in [4.78, 5) is 6.33. The van der Waals surface area contributed by atoms with Crippen LogP contribution in [-0.4, -0.2) is 9.91 Å². The number of aryl methyl sites for hydroxylation is 1.